The maximum absolute atomic E-state index is 12.9. The van der Waals surface area contributed by atoms with E-state index in [0.29, 0.717) is 42.3 Å². The Morgan fingerprint density at radius 3 is 2.66 bits per heavy atom. The lowest BCUT2D eigenvalue weighted by Gasteiger charge is -2.20. The van der Waals surface area contributed by atoms with Gasteiger partial charge in [0.1, 0.15) is 5.75 Å². The van der Waals surface area contributed by atoms with Crippen molar-refractivity contribution >= 4 is 28.8 Å². The maximum Gasteiger partial charge on any atom is 0.284 e. The van der Waals surface area contributed by atoms with E-state index in [0.717, 1.165) is 16.3 Å². The Balaban J connectivity index is 1.43. The van der Waals surface area contributed by atoms with Crippen LogP contribution in [0.2, 0.25) is 0 Å². The SMILES string of the molecule is COc1cccc(C(=O)N2CCc3nc(C(=O)Nc4ccccc4)sc3CC2)c1. The Hall–Kier alpha value is -3.19. The molecule has 0 bridgehead atoms. The van der Waals surface area contributed by atoms with Crippen LogP contribution in [0.3, 0.4) is 0 Å². The van der Waals surface area contributed by atoms with Gasteiger partial charge in [-0.15, -0.1) is 11.3 Å². The average molecular weight is 407 g/mol. The third-order valence-corrected chi connectivity index (χ3v) is 5.99. The average Bonchev–Trinajstić information content (AvgIpc) is 3.07. The normalized spacial score (nSPS) is 13.3. The van der Waals surface area contributed by atoms with Crippen LogP contribution >= 0.6 is 11.3 Å². The molecule has 0 saturated heterocycles. The zero-order valence-corrected chi connectivity index (χ0v) is 16.9. The molecule has 0 spiro atoms. The molecule has 3 aromatic rings. The molecule has 2 amide bonds. The third kappa shape index (κ3) is 4.30. The predicted octanol–water partition coefficient (Wildman–Crippen LogP) is 3.65. The van der Waals surface area contributed by atoms with E-state index >= 15 is 0 Å². The number of ether oxygens (including phenoxy) is 1. The van der Waals surface area contributed by atoms with Crippen LogP contribution in [0.15, 0.2) is 54.6 Å². The standard InChI is InChI=1S/C22H21N3O3S/c1-28-17-9-5-6-15(14-17)22(27)25-12-10-18-19(11-13-25)29-21(24-18)20(26)23-16-7-3-2-4-8-16/h2-9,14H,10-13H2,1H3,(H,23,26). The minimum Gasteiger partial charge on any atom is -0.497 e. The number of thiazole rings is 1. The zero-order chi connectivity index (χ0) is 20.2. The highest BCUT2D eigenvalue weighted by atomic mass is 32.1. The number of methoxy groups -OCH3 is 1. The first-order chi connectivity index (χ1) is 14.1. The summed E-state index contributed by atoms with van der Waals surface area (Å²) in [5.41, 5.74) is 2.28. The Labute approximate surface area is 173 Å². The highest BCUT2D eigenvalue weighted by Crippen LogP contribution is 2.25. The van der Waals surface area contributed by atoms with Crippen LogP contribution in [-0.2, 0) is 12.8 Å². The number of fused-ring (bicyclic) bond motifs is 1. The van der Waals surface area contributed by atoms with Crippen molar-refractivity contribution in [1.29, 1.82) is 0 Å². The molecule has 0 radical (unpaired) electrons. The number of rotatable bonds is 4. The summed E-state index contributed by atoms with van der Waals surface area (Å²) in [5, 5.41) is 3.34. The smallest absolute Gasteiger partial charge is 0.284 e. The van der Waals surface area contributed by atoms with Gasteiger partial charge in [0.2, 0.25) is 0 Å². The van der Waals surface area contributed by atoms with E-state index in [1.807, 2.05) is 47.4 Å². The van der Waals surface area contributed by atoms with Crippen molar-refractivity contribution < 1.29 is 14.3 Å². The number of aromatic nitrogens is 1. The quantitative estimate of drug-likeness (QED) is 0.717. The van der Waals surface area contributed by atoms with Gasteiger partial charge in [0.25, 0.3) is 11.8 Å². The Morgan fingerprint density at radius 2 is 1.86 bits per heavy atom. The van der Waals surface area contributed by atoms with E-state index < -0.39 is 0 Å². The van der Waals surface area contributed by atoms with Crippen molar-refractivity contribution in [3.05, 3.63) is 75.7 Å². The van der Waals surface area contributed by atoms with Crippen LogP contribution in [0.5, 0.6) is 5.75 Å². The molecule has 1 aliphatic rings. The summed E-state index contributed by atoms with van der Waals surface area (Å²) in [5.74, 6) is 0.459. The monoisotopic (exact) mass is 407 g/mol. The molecule has 7 heteroatoms. The number of amides is 2. The lowest BCUT2D eigenvalue weighted by molar-refractivity contribution is 0.0762. The molecule has 1 N–H and O–H groups in total. The molecule has 29 heavy (non-hydrogen) atoms. The van der Waals surface area contributed by atoms with E-state index in [9.17, 15) is 9.59 Å². The predicted molar refractivity (Wildman–Crippen MR) is 113 cm³/mol. The molecule has 2 heterocycles. The highest BCUT2D eigenvalue weighted by molar-refractivity contribution is 7.13. The Morgan fingerprint density at radius 1 is 1.07 bits per heavy atom. The van der Waals surface area contributed by atoms with Gasteiger partial charge < -0.3 is 15.0 Å². The van der Waals surface area contributed by atoms with E-state index in [1.54, 1.807) is 19.2 Å². The fourth-order valence-electron chi connectivity index (χ4n) is 3.31. The topological polar surface area (TPSA) is 71.5 Å². The summed E-state index contributed by atoms with van der Waals surface area (Å²) < 4.78 is 5.22. The number of para-hydroxylation sites is 1. The first-order valence-corrected chi connectivity index (χ1v) is 10.2. The first-order valence-electron chi connectivity index (χ1n) is 9.42. The number of benzene rings is 2. The van der Waals surface area contributed by atoms with E-state index in [2.05, 4.69) is 10.3 Å². The van der Waals surface area contributed by atoms with Gasteiger partial charge in [0.15, 0.2) is 5.01 Å². The molecule has 0 unspecified atom stereocenters. The van der Waals surface area contributed by atoms with Gasteiger partial charge in [-0.2, -0.15) is 0 Å². The summed E-state index contributed by atoms with van der Waals surface area (Å²) in [4.78, 5) is 32.8. The van der Waals surface area contributed by atoms with Gasteiger partial charge in [-0.25, -0.2) is 4.98 Å². The largest absolute Gasteiger partial charge is 0.497 e. The van der Waals surface area contributed by atoms with Crippen molar-refractivity contribution in [2.24, 2.45) is 0 Å². The lowest BCUT2D eigenvalue weighted by Crippen LogP contribution is -2.33. The summed E-state index contributed by atoms with van der Waals surface area (Å²) >= 11 is 1.41. The van der Waals surface area contributed by atoms with Gasteiger partial charge in [0.05, 0.1) is 12.8 Å². The van der Waals surface area contributed by atoms with Gasteiger partial charge in [-0.05, 0) is 30.3 Å². The molecule has 0 aliphatic carbocycles. The van der Waals surface area contributed by atoms with Crippen LogP contribution in [0.1, 0.15) is 30.7 Å². The minimum atomic E-state index is -0.196. The van der Waals surface area contributed by atoms with Crippen molar-refractivity contribution in [1.82, 2.24) is 9.88 Å². The summed E-state index contributed by atoms with van der Waals surface area (Å²) in [6.45, 7) is 1.18. The second kappa shape index (κ2) is 8.45. The molecule has 4 rings (SSSR count). The minimum absolute atomic E-state index is 0.0129. The molecular weight excluding hydrogens is 386 g/mol. The second-order valence-electron chi connectivity index (χ2n) is 6.73. The van der Waals surface area contributed by atoms with Gasteiger partial charge >= 0.3 is 0 Å². The van der Waals surface area contributed by atoms with Crippen molar-refractivity contribution in [2.75, 3.05) is 25.5 Å². The fraction of sp³-hybridized carbons (Fsp3) is 0.227. The summed E-state index contributed by atoms with van der Waals surface area (Å²) in [7, 11) is 1.59. The number of carbonyl (C=O) groups is 2. The first kappa shape index (κ1) is 19.1. The molecule has 2 aromatic carbocycles. The molecule has 0 fully saturated rings. The van der Waals surface area contributed by atoms with Crippen LogP contribution in [0.25, 0.3) is 0 Å². The van der Waals surface area contributed by atoms with E-state index in [4.69, 9.17) is 4.74 Å². The second-order valence-corrected chi connectivity index (χ2v) is 7.82. The molecule has 148 valence electrons. The molecule has 1 aliphatic heterocycles. The number of nitrogens with one attached hydrogen (secondary N) is 1. The van der Waals surface area contributed by atoms with Gasteiger partial charge in [0, 0.05) is 42.1 Å². The van der Waals surface area contributed by atoms with Gasteiger partial charge in [-0.1, -0.05) is 24.3 Å². The number of carbonyl (C=O) groups excluding carboxylic acids is 2. The summed E-state index contributed by atoms with van der Waals surface area (Å²) in [6, 6.07) is 16.5. The molecular formula is C22H21N3O3S. The van der Waals surface area contributed by atoms with Crippen molar-refractivity contribution in [3.8, 4) is 5.75 Å². The van der Waals surface area contributed by atoms with Crippen LogP contribution in [-0.4, -0.2) is 41.9 Å². The van der Waals surface area contributed by atoms with Crippen molar-refractivity contribution in [3.63, 3.8) is 0 Å². The fourth-order valence-corrected chi connectivity index (χ4v) is 4.30. The Bertz CT molecular complexity index is 1010. The molecule has 0 atom stereocenters. The molecule has 6 nitrogen and oxygen atoms in total. The van der Waals surface area contributed by atoms with Crippen LogP contribution in [0.4, 0.5) is 5.69 Å². The highest BCUT2D eigenvalue weighted by Gasteiger charge is 2.24. The zero-order valence-electron chi connectivity index (χ0n) is 16.1. The lowest BCUT2D eigenvalue weighted by atomic mass is 10.2. The number of hydrogen-bond donors (Lipinski definition) is 1. The van der Waals surface area contributed by atoms with E-state index in [-0.39, 0.29) is 11.8 Å². The molecule has 1 aromatic heterocycles. The van der Waals surface area contributed by atoms with Crippen LogP contribution in [0, 0.1) is 0 Å². The van der Waals surface area contributed by atoms with E-state index in [1.165, 1.54) is 11.3 Å². The number of nitrogens with zero attached hydrogens (tertiary/aromatic N) is 2. The van der Waals surface area contributed by atoms with Crippen LogP contribution < -0.4 is 10.1 Å². The number of hydrogen-bond acceptors (Lipinski definition) is 5. The number of anilines is 1. The maximum atomic E-state index is 12.9. The summed E-state index contributed by atoms with van der Waals surface area (Å²) in [6.07, 6.45) is 1.33. The van der Waals surface area contributed by atoms with Gasteiger partial charge in [-0.3, -0.25) is 9.59 Å². The molecule has 0 saturated carbocycles. The third-order valence-electron chi connectivity index (χ3n) is 4.84. The Kier molecular flexibility index (Phi) is 5.57. The van der Waals surface area contributed by atoms with Crippen molar-refractivity contribution in [2.45, 2.75) is 12.8 Å².